The van der Waals surface area contributed by atoms with Gasteiger partial charge in [0.2, 0.25) is 0 Å². The Balaban J connectivity index is 1.63. The molecule has 2 heterocycles. The largest absolute Gasteiger partial charge is 0.493 e. The third kappa shape index (κ3) is 4.23. The molecular weight excluding hydrogens is 408 g/mol. The number of amides is 1. The molecule has 2 aromatic carbocycles. The van der Waals surface area contributed by atoms with E-state index in [0.717, 1.165) is 30.1 Å². The lowest BCUT2D eigenvalue weighted by atomic mass is 9.84. The van der Waals surface area contributed by atoms with E-state index in [1.54, 1.807) is 39.5 Å². The second-order valence-corrected chi connectivity index (χ2v) is 8.00. The number of fused-ring (bicyclic) bond motifs is 1. The van der Waals surface area contributed by atoms with Gasteiger partial charge in [-0.3, -0.25) is 9.79 Å². The Morgan fingerprint density at radius 2 is 1.88 bits per heavy atom. The Hall–Kier alpha value is -3.26. The molecule has 0 unspecified atom stereocenters. The summed E-state index contributed by atoms with van der Waals surface area (Å²) in [5.41, 5.74) is 2.09. The number of nitrogens with one attached hydrogen (secondary N) is 2. The van der Waals surface area contributed by atoms with Gasteiger partial charge in [0.05, 0.1) is 45.3 Å². The quantitative estimate of drug-likeness (QED) is 0.674. The van der Waals surface area contributed by atoms with Crippen LogP contribution in [0.5, 0.6) is 11.5 Å². The van der Waals surface area contributed by atoms with Crippen molar-refractivity contribution in [1.82, 2.24) is 4.90 Å². The van der Waals surface area contributed by atoms with Gasteiger partial charge in [-0.15, -0.1) is 0 Å². The Labute approximate surface area is 188 Å². The average Bonchev–Trinajstić information content (AvgIpc) is 2.83. The van der Waals surface area contributed by atoms with Crippen molar-refractivity contribution in [3.8, 4) is 11.5 Å². The highest BCUT2D eigenvalue weighted by atomic mass is 16.5. The van der Waals surface area contributed by atoms with E-state index in [1.807, 2.05) is 29.2 Å². The predicted molar refractivity (Wildman–Crippen MR) is 125 cm³/mol. The van der Waals surface area contributed by atoms with Crippen LogP contribution in [0.2, 0.25) is 0 Å². The number of para-hydroxylation sites is 2. The molecule has 1 atom stereocenters. The van der Waals surface area contributed by atoms with Crippen LogP contribution in [0.15, 0.2) is 47.5 Å². The normalized spacial score (nSPS) is 21.0. The molecule has 0 saturated carbocycles. The minimum Gasteiger partial charge on any atom is -0.493 e. The molecule has 1 saturated heterocycles. The standard InChI is InChI=1S/C24H30N4O4/c1-30-14-12-25-23-24(27-19-8-5-4-7-18(19)26-23)11-6-13-28(16-24)22(29)17-9-10-20(31-2)21(15-17)32-3/h4-5,7-10,15,27H,6,11-14,16H2,1-3H3,(H,25,26)/t24-/m1/s1. The molecule has 170 valence electrons. The maximum atomic E-state index is 13.4. The summed E-state index contributed by atoms with van der Waals surface area (Å²) in [6.45, 7) is 2.28. The first-order valence-electron chi connectivity index (χ1n) is 10.8. The van der Waals surface area contributed by atoms with Gasteiger partial charge in [0.25, 0.3) is 5.91 Å². The number of aliphatic imine (C=N–C) groups is 1. The second kappa shape index (κ2) is 9.48. The number of hydrogen-bond acceptors (Lipinski definition) is 6. The SMILES string of the molecule is COCCN=C1Nc2ccccc2N[C@@]12CCCN(C(=O)c1ccc(OC)c(OC)c1)C2. The van der Waals surface area contributed by atoms with Crippen LogP contribution in [0.4, 0.5) is 11.4 Å². The van der Waals surface area contributed by atoms with Crippen LogP contribution < -0.4 is 20.1 Å². The fraction of sp³-hybridized carbons (Fsp3) is 0.417. The number of carbonyl (C=O) groups is 1. The summed E-state index contributed by atoms with van der Waals surface area (Å²) >= 11 is 0. The van der Waals surface area contributed by atoms with E-state index in [2.05, 4.69) is 10.6 Å². The summed E-state index contributed by atoms with van der Waals surface area (Å²) in [7, 11) is 4.82. The lowest BCUT2D eigenvalue weighted by Gasteiger charge is -2.47. The number of anilines is 2. The van der Waals surface area contributed by atoms with Crippen LogP contribution in [-0.2, 0) is 4.74 Å². The Morgan fingerprint density at radius 3 is 2.62 bits per heavy atom. The van der Waals surface area contributed by atoms with Crippen LogP contribution in [0.25, 0.3) is 0 Å². The fourth-order valence-electron chi connectivity index (χ4n) is 4.38. The number of methoxy groups -OCH3 is 3. The first-order chi connectivity index (χ1) is 15.6. The molecule has 2 aliphatic heterocycles. The first kappa shape index (κ1) is 22.0. The number of amidine groups is 1. The smallest absolute Gasteiger partial charge is 0.254 e. The zero-order valence-corrected chi connectivity index (χ0v) is 18.8. The van der Waals surface area contributed by atoms with Gasteiger partial charge in [0.15, 0.2) is 11.5 Å². The number of carbonyl (C=O) groups excluding carboxylic acids is 1. The monoisotopic (exact) mass is 438 g/mol. The van der Waals surface area contributed by atoms with Crippen molar-refractivity contribution < 1.29 is 19.0 Å². The highest BCUT2D eigenvalue weighted by molar-refractivity contribution is 6.10. The van der Waals surface area contributed by atoms with E-state index in [-0.39, 0.29) is 5.91 Å². The van der Waals surface area contributed by atoms with Gasteiger partial charge in [-0.25, -0.2) is 0 Å². The van der Waals surface area contributed by atoms with Crippen molar-refractivity contribution >= 4 is 23.1 Å². The number of likely N-dealkylation sites (tertiary alicyclic amines) is 1. The summed E-state index contributed by atoms with van der Waals surface area (Å²) in [5.74, 6) is 1.94. The van der Waals surface area contributed by atoms with Gasteiger partial charge in [-0.05, 0) is 43.2 Å². The molecule has 32 heavy (non-hydrogen) atoms. The van der Waals surface area contributed by atoms with Crippen LogP contribution in [0.3, 0.4) is 0 Å². The van der Waals surface area contributed by atoms with Crippen molar-refractivity contribution in [2.45, 2.75) is 18.4 Å². The minimum atomic E-state index is -0.480. The maximum absolute atomic E-state index is 13.4. The first-order valence-corrected chi connectivity index (χ1v) is 10.8. The minimum absolute atomic E-state index is 0.0399. The summed E-state index contributed by atoms with van der Waals surface area (Å²) in [4.78, 5) is 20.1. The van der Waals surface area contributed by atoms with E-state index in [1.165, 1.54) is 0 Å². The summed E-state index contributed by atoms with van der Waals surface area (Å²) in [6, 6.07) is 13.3. The van der Waals surface area contributed by atoms with Gasteiger partial charge in [-0.1, -0.05) is 12.1 Å². The highest BCUT2D eigenvalue weighted by Crippen LogP contribution is 2.37. The van der Waals surface area contributed by atoms with Gasteiger partial charge >= 0.3 is 0 Å². The van der Waals surface area contributed by atoms with Crippen LogP contribution in [0, 0.1) is 0 Å². The lowest BCUT2D eigenvalue weighted by molar-refractivity contribution is 0.0694. The number of piperidine rings is 1. The topological polar surface area (TPSA) is 84.4 Å². The van der Waals surface area contributed by atoms with Crippen molar-refractivity contribution in [1.29, 1.82) is 0 Å². The molecular formula is C24H30N4O4. The summed E-state index contributed by atoms with van der Waals surface area (Å²) < 4.78 is 15.9. The number of hydrogen-bond donors (Lipinski definition) is 2. The lowest BCUT2D eigenvalue weighted by Crippen LogP contribution is -2.62. The third-order valence-corrected chi connectivity index (χ3v) is 5.98. The highest BCUT2D eigenvalue weighted by Gasteiger charge is 2.44. The maximum Gasteiger partial charge on any atom is 0.254 e. The molecule has 0 bridgehead atoms. The van der Waals surface area contributed by atoms with Gasteiger partial charge in [0.1, 0.15) is 11.4 Å². The number of ether oxygens (including phenoxy) is 3. The molecule has 2 aliphatic rings. The fourth-order valence-corrected chi connectivity index (χ4v) is 4.38. The molecule has 0 aromatic heterocycles. The van der Waals surface area contributed by atoms with E-state index >= 15 is 0 Å². The molecule has 0 radical (unpaired) electrons. The molecule has 1 amide bonds. The molecule has 8 nitrogen and oxygen atoms in total. The molecule has 1 spiro atoms. The van der Waals surface area contributed by atoms with Crippen molar-refractivity contribution in [3.05, 3.63) is 48.0 Å². The summed E-state index contributed by atoms with van der Waals surface area (Å²) in [5, 5.41) is 7.20. The molecule has 2 N–H and O–H groups in total. The van der Waals surface area contributed by atoms with Crippen LogP contribution in [-0.4, -0.2) is 69.8 Å². The van der Waals surface area contributed by atoms with E-state index in [0.29, 0.717) is 43.3 Å². The molecule has 8 heteroatoms. The zero-order valence-electron chi connectivity index (χ0n) is 18.8. The predicted octanol–water partition coefficient (Wildman–Crippen LogP) is 3.26. The van der Waals surface area contributed by atoms with Crippen molar-refractivity contribution in [3.63, 3.8) is 0 Å². The van der Waals surface area contributed by atoms with Crippen molar-refractivity contribution in [2.75, 3.05) is 58.2 Å². The zero-order chi connectivity index (χ0) is 22.6. The van der Waals surface area contributed by atoms with E-state index in [4.69, 9.17) is 19.2 Å². The van der Waals surface area contributed by atoms with E-state index < -0.39 is 5.54 Å². The van der Waals surface area contributed by atoms with Crippen molar-refractivity contribution in [2.24, 2.45) is 4.99 Å². The Bertz CT molecular complexity index is 1010. The summed E-state index contributed by atoms with van der Waals surface area (Å²) in [6.07, 6.45) is 1.73. The molecule has 0 aliphatic carbocycles. The van der Waals surface area contributed by atoms with E-state index in [9.17, 15) is 4.79 Å². The number of nitrogens with zero attached hydrogens (tertiary/aromatic N) is 2. The number of benzene rings is 2. The third-order valence-electron chi connectivity index (χ3n) is 5.98. The molecule has 2 aromatic rings. The van der Waals surface area contributed by atoms with Gasteiger partial charge in [-0.2, -0.15) is 0 Å². The average molecular weight is 439 g/mol. The molecule has 4 rings (SSSR count). The van der Waals surface area contributed by atoms with Crippen LogP contribution in [0.1, 0.15) is 23.2 Å². The Morgan fingerprint density at radius 1 is 1.09 bits per heavy atom. The van der Waals surface area contributed by atoms with Crippen LogP contribution >= 0.6 is 0 Å². The Kier molecular flexibility index (Phi) is 6.50. The van der Waals surface area contributed by atoms with Gasteiger partial charge in [0, 0.05) is 19.2 Å². The second-order valence-electron chi connectivity index (χ2n) is 8.00. The van der Waals surface area contributed by atoms with Gasteiger partial charge < -0.3 is 29.7 Å². The number of rotatable bonds is 6. The molecule has 1 fully saturated rings.